The van der Waals surface area contributed by atoms with E-state index in [1.165, 1.54) is 36.2 Å². The minimum absolute atomic E-state index is 0.481. The Kier molecular flexibility index (Phi) is 2.71. The zero-order valence-electron chi connectivity index (χ0n) is 10.4. The van der Waals surface area contributed by atoms with Gasteiger partial charge in [0, 0.05) is 16.3 Å². The molecule has 1 N–H and O–H groups in total. The Labute approximate surface area is 106 Å². The number of thiophene rings is 1. The summed E-state index contributed by atoms with van der Waals surface area (Å²) in [6, 6.07) is 7.10. The van der Waals surface area contributed by atoms with Crippen LogP contribution in [0.1, 0.15) is 40.7 Å². The first-order valence-corrected chi connectivity index (χ1v) is 7.11. The van der Waals surface area contributed by atoms with E-state index in [4.69, 9.17) is 0 Å². The van der Waals surface area contributed by atoms with Crippen molar-refractivity contribution in [1.82, 2.24) is 4.68 Å². The molecule has 1 aliphatic carbocycles. The quantitative estimate of drug-likeness (QED) is 0.853. The Bertz CT molecular complexity index is 505. The number of aryl methyl sites for hydroxylation is 3. The van der Waals surface area contributed by atoms with E-state index in [9.17, 15) is 0 Å². The molecule has 0 aromatic carbocycles. The fourth-order valence-corrected chi connectivity index (χ4v) is 3.64. The van der Waals surface area contributed by atoms with Crippen LogP contribution in [-0.2, 0) is 6.42 Å². The number of hydrogen-bond donors (Lipinski definition) is 1. The molecule has 2 aromatic heterocycles. The molecule has 1 aliphatic rings. The third kappa shape index (κ3) is 1.89. The van der Waals surface area contributed by atoms with Gasteiger partial charge in [-0.2, -0.15) is 0 Å². The van der Waals surface area contributed by atoms with E-state index < -0.39 is 0 Å². The zero-order chi connectivity index (χ0) is 11.8. The molecule has 2 aromatic rings. The van der Waals surface area contributed by atoms with Crippen LogP contribution in [0, 0.1) is 13.8 Å². The molecule has 2 heterocycles. The van der Waals surface area contributed by atoms with Gasteiger partial charge in [0.05, 0.1) is 6.04 Å². The molecule has 0 bridgehead atoms. The van der Waals surface area contributed by atoms with Crippen LogP contribution in [0.2, 0.25) is 0 Å². The van der Waals surface area contributed by atoms with Crippen molar-refractivity contribution < 1.29 is 0 Å². The minimum atomic E-state index is 0.481. The lowest BCUT2D eigenvalue weighted by molar-refractivity contribution is 0.554. The van der Waals surface area contributed by atoms with Gasteiger partial charge in [-0.15, -0.1) is 11.3 Å². The summed E-state index contributed by atoms with van der Waals surface area (Å²) in [5.41, 5.74) is 7.74. The second-order valence-corrected chi connectivity index (χ2v) is 5.83. The molecule has 3 rings (SSSR count). The highest BCUT2D eigenvalue weighted by Crippen LogP contribution is 2.34. The fraction of sp³-hybridized carbons (Fsp3) is 0.429. The number of hydrogen-bond acceptors (Lipinski definition) is 2. The Hall–Kier alpha value is -1.22. The number of nitrogens with zero attached hydrogens (tertiary/aromatic N) is 1. The van der Waals surface area contributed by atoms with Crippen LogP contribution in [-0.4, -0.2) is 4.68 Å². The van der Waals surface area contributed by atoms with Crippen molar-refractivity contribution >= 4 is 11.3 Å². The van der Waals surface area contributed by atoms with Crippen LogP contribution in [0.15, 0.2) is 23.6 Å². The minimum Gasteiger partial charge on any atom is -0.318 e. The van der Waals surface area contributed by atoms with Crippen molar-refractivity contribution in [1.29, 1.82) is 0 Å². The van der Waals surface area contributed by atoms with Crippen molar-refractivity contribution in [2.45, 2.75) is 39.2 Å². The molecule has 0 saturated carbocycles. The molecule has 0 amide bonds. The van der Waals surface area contributed by atoms with E-state index in [1.54, 1.807) is 4.88 Å². The maximum absolute atomic E-state index is 3.66. The van der Waals surface area contributed by atoms with Crippen LogP contribution < -0.4 is 5.43 Å². The fourth-order valence-electron chi connectivity index (χ4n) is 2.65. The Morgan fingerprint density at radius 3 is 2.76 bits per heavy atom. The maximum Gasteiger partial charge on any atom is 0.0684 e. The van der Waals surface area contributed by atoms with Gasteiger partial charge in [0.25, 0.3) is 0 Å². The highest BCUT2D eigenvalue weighted by Gasteiger charge is 2.21. The average Bonchev–Trinajstić information content (AvgIpc) is 2.91. The molecule has 2 nitrogen and oxygen atoms in total. The van der Waals surface area contributed by atoms with Crippen molar-refractivity contribution in [3.63, 3.8) is 0 Å². The van der Waals surface area contributed by atoms with Gasteiger partial charge in [-0.25, -0.2) is 0 Å². The highest BCUT2D eigenvalue weighted by molar-refractivity contribution is 7.10. The lowest BCUT2D eigenvalue weighted by Gasteiger charge is -2.26. The molecule has 0 saturated heterocycles. The standard InChI is InChI=1S/C14H18N2S/c1-10-6-7-11(2)16(10)15-13-4-3-5-14-12(13)8-9-17-14/h6-9,13,15H,3-5H2,1-2H3. The summed E-state index contributed by atoms with van der Waals surface area (Å²) in [7, 11) is 0. The predicted octanol–water partition coefficient (Wildman–Crippen LogP) is 3.79. The third-order valence-corrected chi connectivity index (χ3v) is 4.60. The van der Waals surface area contributed by atoms with Gasteiger partial charge >= 0.3 is 0 Å². The number of rotatable bonds is 2. The number of aromatic nitrogens is 1. The SMILES string of the molecule is Cc1ccc(C)n1NC1CCCc2sccc21. The molecule has 0 spiro atoms. The van der Waals surface area contributed by atoms with Crippen LogP contribution in [0.4, 0.5) is 0 Å². The van der Waals surface area contributed by atoms with Gasteiger partial charge in [-0.1, -0.05) is 0 Å². The topological polar surface area (TPSA) is 17.0 Å². The molecule has 1 atom stereocenters. The van der Waals surface area contributed by atoms with E-state index in [-0.39, 0.29) is 0 Å². The Balaban J connectivity index is 1.89. The van der Waals surface area contributed by atoms with E-state index in [0.29, 0.717) is 6.04 Å². The van der Waals surface area contributed by atoms with Crippen molar-refractivity contribution in [2.75, 3.05) is 5.43 Å². The van der Waals surface area contributed by atoms with E-state index >= 15 is 0 Å². The summed E-state index contributed by atoms with van der Waals surface area (Å²) in [5, 5.41) is 2.22. The van der Waals surface area contributed by atoms with Gasteiger partial charge in [0.15, 0.2) is 0 Å². The van der Waals surface area contributed by atoms with Gasteiger partial charge in [-0.05, 0) is 62.3 Å². The van der Waals surface area contributed by atoms with Crippen LogP contribution >= 0.6 is 11.3 Å². The summed E-state index contributed by atoms with van der Waals surface area (Å²) in [6.07, 6.45) is 3.79. The Morgan fingerprint density at radius 2 is 2.00 bits per heavy atom. The lowest BCUT2D eigenvalue weighted by Crippen LogP contribution is -2.25. The van der Waals surface area contributed by atoms with Crippen LogP contribution in [0.25, 0.3) is 0 Å². The lowest BCUT2D eigenvalue weighted by atomic mass is 9.95. The van der Waals surface area contributed by atoms with Crippen LogP contribution in [0.3, 0.4) is 0 Å². The van der Waals surface area contributed by atoms with Gasteiger partial charge in [0.2, 0.25) is 0 Å². The molecule has 1 unspecified atom stereocenters. The largest absolute Gasteiger partial charge is 0.318 e. The molecular formula is C14H18N2S. The summed E-state index contributed by atoms with van der Waals surface area (Å²) in [4.78, 5) is 1.57. The van der Waals surface area contributed by atoms with Gasteiger partial charge in [-0.3, -0.25) is 4.68 Å². The summed E-state index contributed by atoms with van der Waals surface area (Å²) in [6.45, 7) is 4.30. The van der Waals surface area contributed by atoms with Crippen molar-refractivity contribution in [2.24, 2.45) is 0 Å². The molecule has 3 heteroatoms. The molecular weight excluding hydrogens is 228 g/mol. The Morgan fingerprint density at radius 1 is 1.24 bits per heavy atom. The number of fused-ring (bicyclic) bond motifs is 1. The molecule has 0 fully saturated rings. The maximum atomic E-state index is 3.66. The summed E-state index contributed by atoms with van der Waals surface area (Å²) in [5.74, 6) is 0. The second-order valence-electron chi connectivity index (χ2n) is 4.82. The van der Waals surface area contributed by atoms with Crippen molar-refractivity contribution in [3.8, 4) is 0 Å². The second kappa shape index (κ2) is 4.22. The zero-order valence-corrected chi connectivity index (χ0v) is 11.2. The highest BCUT2D eigenvalue weighted by atomic mass is 32.1. The average molecular weight is 246 g/mol. The molecule has 90 valence electrons. The third-order valence-electron chi connectivity index (χ3n) is 3.61. The summed E-state index contributed by atoms with van der Waals surface area (Å²) >= 11 is 1.90. The predicted molar refractivity (Wildman–Crippen MR) is 73.3 cm³/mol. The first kappa shape index (κ1) is 10.9. The molecule has 0 radical (unpaired) electrons. The first-order valence-electron chi connectivity index (χ1n) is 6.23. The first-order chi connectivity index (χ1) is 8.25. The van der Waals surface area contributed by atoms with Crippen molar-refractivity contribution in [3.05, 3.63) is 45.4 Å². The van der Waals surface area contributed by atoms with Gasteiger partial charge in [0.1, 0.15) is 0 Å². The monoisotopic (exact) mass is 246 g/mol. The smallest absolute Gasteiger partial charge is 0.0684 e. The molecule has 17 heavy (non-hydrogen) atoms. The van der Waals surface area contributed by atoms with E-state index in [2.05, 4.69) is 47.5 Å². The van der Waals surface area contributed by atoms with E-state index in [1.807, 2.05) is 11.3 Å². The number of nitrogens with one attached hydrogen (secondary N) is 1. The van der Waals surface area contributed by atoms with E-state index in [0.717, 1.165) is 0 Å². The summed E-state index contributed by atoms with van der Waals surface area (Å²) < 4.78 is 2.22. The van der Waals surface area contributed by atoms with Crippen LogP contribution in [0.5, 0.6) is 0 Å². The van der Waals surface area contributed by atoms with Gasteiger partial charge < -0.3 is 5.43 Å². The normalized spacial score (nSPS) is 19.1. The molecule has 0 aliphatic heterocycles.